The third-order valence-corrected chi connectivity index (χ3v) is 7.10. The van der Waals surface area contributed by atoms with Gasteiger partial charge in [-0.2, -0.15) is 0 Å². The lowest BCUT2D eigenvalue weighted by Crippen LogP contribution is -2.25. The fraction of sp³-hybridized carbons (Fsp3) is 0.407. The summed E-state index contributed by atoms with van der Waals surface area (Å²) in [5.74, 6) is 1.58. The number of nitrogens with zero attached hydrogens (tertiary/aromatic N) is 2. The first-order valence-corrected chi connectivity index (χ1v) is 12.9. The number of methoxy groups -OCH3 is 1. The minimum Gasteiger partial charge on any atom is -0.493 e. The van der Waals surface area contributed by atoms with E-state index in [2.05, 4.69) is 21.8 Å². The summed E-state index contributed by atoms with van der Waals surface area (Å²) in [6, 6.07) is 15.7. The van der Waals surface area contributed by atoms with Crippen molar-refractivity contribution in [2.24, 2.45) is 0 Å². The molecule has 4 rings (SSSR count). The van der Waals surface area contributed by atoms with Gasteiger partial charge in [-0.25, -0.2) is 4.98 Å². The van der Waals surface area contributed by atoms with E-state index in [1.54, 1.807) is 7.11 Å². The van der Waals surface area contributed by atoms with E-state index in [9.17, 15) is 4.79 Å². The molecule has 3 aromatic rings. The summed E-state index contributed by atoms with van der Waals surface area (Å²) < 4.78 is 19.4. The molecule has 8 heteroatoms. The summed E-state index contributed by atoms with van der Waals surface area (Å²) in [7, 11) is 1.62. The van der Waals surface area contributed by atoms with E-state index < -0.39 is 0 Å². The number of hydrogen-bond acceptors (Lipinski definition) is 6. The minimum absolute atomic E-state index is 0.0413. The smallest absolute Gasteiger partial charge is 0.230 e. The molecular weight excluding hydrogens is 462 g/mol. The van der Waals surface area contributed by atoms with Crippen molar-refractivity contribution in [3.63, 3.8) is 0 Å². The Bertz CT molecular complexity index is 1130. The summed E-state index contributed by atoms with van der Waals surface area (Å²) in [6.45, 7) is 6.57. The van der Waals surface area contributed by atoms with Gasteiger partial charge in [-0.3, -0.25) is 4.79 Å². The van der Waals surface area contributed by atoms with Crippen molar-refractivity contribution in [2.45, 2.75) is 57.6 Å². The first kappa shape index (κ1) is 25.1. The van der Waals surface area contributed by atoms with Gasteiger partial charge in [0.15, 0.2) is 16.7 Å². The van der Waals surface area contributed by atoms with Crippen LogP contribution in [-0.2, 0) is 29.2 Å². The van der Waals surface area contributed by atoms with Gasteiger partial charge in [-0.05, 0) is 49.9 Å². The van der Waals surface area contributed by atoms with Crippen LogP contribution in [-0.4, -0.2) is 41.0 Å². The first-order chi connectivity index (χ1) is 17.0. The molecule has 1 atom stereocenters. The largest absolute Gasteiger partial charge is 0.493 e. The number of hydrogen-bond donors (Lipinski definition) is 1. The molecule has 1 fully saturated rings. The molecule has 2 aromatic carbocycles. The zero-order valence-corrected chi connectivity index (χ0v) is 21.4. The molecule has 1 unspecified atom stereocenters. The van der Waals surface area contributed by atoms with E-state index in [1.807, 2.05) is 55.5 Å². The van der Waals surface area contributed by atoms with Crippen molar-refractivity contribution in [1.82, 2.24) is 14.9 Å². The SMILES string of the molecule is COc1cc(CNC(=O)CSc2nc(C)c(C)n2CC2CCCO2)ccc1OCc1ccccc1. The van der Waals surface area contributed by atoms with Crippen molar-refractivity contribution >= 4 is 17.7 Å². The molecule has 1 aliphatic heterocycles. The standard InChI is InChI=1S/C27H33N3O4S/c1-19-20(2)30(16-23-10-7-13-33-23)27(29-19)35-18-26(31)28-15-22-11-12-24(25(14-22)32-3)34-17-21-8-5-4-6-9-21/h4-6,8-9,11-12,14,23H,7,10,13,15-18H2,1-3H3,(H,28,31). The monoisotopic (exact) mass is 495 g/mol. The lowest BCUT2D eigenvalue weighted by atomic mass is 10.2. The normalized spacial score (nSPS) is 15.2. The third kappa shape index (κ3) is 6.80. The molecule has 1 saturated heterocycles. The van der Waals surface area contributed by atoms with Crippen LogP contribution in [0.3, 0.4) is 0 Å². The fourth-order valence-electron chi connectivity index (χ4n) is 4.00. The molecule has 0 bridgehead atoms. The Hall–Kier alpha value is -2.97. The Morgan fingerprint density at radius 3 is 2.74 bits per heavy atom. The van der Waals surface area contributed by atoms with Gasteiger partial charge in [0.1, 0.15) is 6.61 Å². The van der Waals surface area contributed by atoms with Gasteiger partial charge >= 0.3 is 0 Å². The van der Waals surface area contributed by atoms with Crippen molar-refractivity contribution in [3.05, 3.63) is 71.0 Å². The fourth-order valence-corrected chi connectivity index (χ4v) is 4.93. The molecule has 0 radical (unpaired) electrons. The van der Waals surface area contributed by atoms with Crippen LogP contribution >= 0.6 is 11.8 Å². The minimum atomic E-state index is -0.0413. The Balaban J connectivity index is 1.29. The van der Waals surface area contributed by atoms with E-state index in [1.165, 1.54) is 11.8 Å². The van der Waals surface area contributed by atoms with Gasteiger partial charge in [-0.1, -0.05) is 48.2 Å². The Morgan fingerprint density at radius 1 is 1.17 bits per heavy atom. The number of imidazole rings is 1. The maximum absolute atomic E-state index is 12.6. The highest BCUT2D eigenvalue weighted by molar-refractivity contribution is 7.99. The highest BCUT2D eigenvalue weighted by Crippen LogP contribution is 2.29. The molecular formula is C27H33N3O4S. The van der Waals surface area contributed by atoms with Gasteiger partial charge in [0.2, 0.25) is 5.91 Å². The van der Waals surface area contributed by atoms with Gasteiger partial charge in [0.25, 0.3) is 0 Å². The number of ether oxygens (including phenoxy) is 3. The summed E-state index contributed by atoms with van der Waals surface area (Å²) in [5.41, 5.74) is 4.15. The molecule has 1 amide bonds. The highest BCUT2D eigenvalue weighted by Gasteiger charge is 2.20. The quantitative estimate of drug-likeness (QED) is 0.390. The zero-order valence-electron chi connectivity index (χ0n) is 20.6. The number of carbonyl (C=O) groups is 1. The molecule has 1 aromatic heterocycles. The van der Waals surface area contributed by atoms with Gasteiger partial charge in [-0.15, -0.1) is 0 Å². The van der Waals surface area contributed by atoms with Crippen molar-refractivity contribution in [2.75, 3.05) is 19.5 Å². The number of aryl methyl sites for hydroxylation is 1. The van der Waals surface area contributed by atoms with Crippen molar-refractivity contribution in [1.29, 1.82) is 0 Å². The number of nitrogens with one attached hydrogen (secondary N) is 1. The summed E-state index contributed by atoms with van der Waals surface area (Å²) >= 11 is 1.46. The lowest BCUT2D eigenvalue weighted by molar-refractivity contribution is -0.118. The Labute approximate surface area is 211 Å². The van der Waals surface area contributed by atoms with Crippen LogP contribution in [0.25, 0.3) is 0 Å². The van der Waals surface area contributed by atoms with Gasteiger partial charge in [0, 0.05) is 18.8 Å². The molecule has 7 nitrogen and oxygen atoms in total. The predicted octanol–water partition coefficient (Wildman–Crippen LogP) is 4.68. The number of carbonyl (C=O) groups excluding carboxylic acids is 1. The Morgan fingerprint density at radius 2 is 2.00 bits per heavy atom. The van der Waals surface area contributed by atoms with Crippen LogP contribution in [0.5, 0.6) is 11.5 Å². The van der Waals surface area contributed by atoms with Crippen LogP contribution in [0.4, 0.5) is 0 Å². The molecule has 1 N–H and O–H groups in total. The van der Waals surface area contributed by atoms with E-state index in [0.717, 1.165) is 53.7 Å². The van der Waals surface area contributed by atoms with E-state index in [0.29, 0.717) is 30.4 Å². The molecule has 0 saturated carbocycles. The second kappa shape index (κ2) is 12.1. The zero-order chi connectivity index (χ0) is 24.6. The molecule has 1 aliphatic rings. The molecule has 186 valence electrons. The van der Waals surface area contributed by atoms with Gasteiger partial charge < -0.3 is 24.1 Å². The predicted molar refractivity (Wildman–Crippen MR) is 137 cm³/mol. The number of aromatic nitrogens is 2. The third-order valence-electron chi connectivity index (χ3n) is 6.12. The average molecular weight is 496 g/mol. The lowest BCUT2D eigenvalue weighted by Gasteiger charge is -2.15. The number of thioether (sulfide) groups is 1. The topological polar surface area (TPSA) is 74.6 Å². The molecule has 35 heavy (non-hydrogen) atoms. The summed E-state index contributed by atoms with van der Waals surface area (Å²) in [6.07, 6.45) is 2.40. The van der Waals surface area contributed by atoms with Crippen LogP contribution in [0.15, 0.2) is 53.7 Å². The van der Waals surface area contributed by atoms with E-state index >= 15 is 0 Å². The van der Waals surface area contributed by atoms with E-state index in [4.69, 9.17) is 14.2 Å². The van der Waals surface area contributed by atoms with Crippen LogP contribution in [0.1, 0.15) is 35.4 Å². The maximum Gasteiger partial charge on any atom is 0.230 e. The first-order valence-electron chi connectivity index (χ1n) is 11.9. The molecule has 0 aliphatic carbocycles. The van der Waals surface area contributed by atoms with Crippen molar-refractivity contribution in [3.8, 4) is 11.5 Å². The van der Waals surface area contributed by atoms with Crippen LogP contribution in [0, 0.1) is 13.8 Å². The average Bonchev–Trinajstić information content (AvgIpc) is 3.49. The summed E-state index contributed by atoms with van der Waals surface area (Å²) in [5, 5.41) is 3.86. The highest BCUT2D eigenvalue weighted by atomic mass is 32.2. The number of amides is 1. The van der Waals surface area contributed by atoms with Crippen LogP contribution < -0.4 is 14.8 Å². The Kier molecular flexibility index (Phi) is 8.71. The second-order valence-electron chi connectivity index (χ2n) is 8.64. The van der Waals surface area contributed by atoms with Crippen LogP contribution in [0.2, 0.25) is 0 Å². The van der Waals surface area contributed by atoms with Gasteiger partial charge in [0.05, 0.1) is 31.2 Å². The molecule has 0 spiro atoms. The van der Waals surface area contributed by atoms with Crippen molar-refractivity contribution < 1.29 is 19.0 Å². The maximum atomic E-state index is 12.6. The van der Waals surface area contributed by atoms with E-state index in [-0.39, 0.29) is 12.0 Å². The number of rotatable bonds is 11. The number of benzene rings is 2. The molecule has 2 heterocycles. The second-order valence-corrected chi connectivity index (χ2v) is 9.58. The summed E-state index contributed by atoms with van der Waals surface area (Å²) in [4.78, 5) is 17.2.